The fraction of sp³-hybridized carbons (Fsp3) is 1.00. The summed E-state index contributed by atoms with van der Waals surface area (Å²) in [5.41, 5.74) is 5.15. The van der Waals surface area contributed by atoms with Crippen LogP contribution >= 0.6 is 0 Å². The van der Waals surface area contributed by atoms with E-state index in [-0.39, 0.29) is 0 Å². The van der Waals surface area contributed by atoms with Crippen molar-refractivity contribution in [2.75, 3.05) is 33.9 Å². The van der Waals surface area contributed by atoms with Gasteiger partial charge in [0.25, 0.3) is 0 Å². The molecule has 0 fully saturated rings. The second kappa shape index (κ2) is 16.6. The molecule has 0 aromatic heterocycles. The van der Waals surface area contributed by atoms with E-state index >= 15 is 0 Å². The minimum Gasteiger partial charge on any atom is -0.402 e. The number of rotatable bonds is 5. The van der Waals surface area contributed by atoms with Crippen molar-refractivity contribution >= 4 is 10.0 Å². The van der Waals surface area contributed by atoms with Gasteiger partial charge in [0, 0.05) is 27.3 Å². The molecule has 0 aliphatic rings. The monoisotopic (exact) mass is 180 g/mol. The molecular formula is C6H20N2O2Si. The summed E-state index contributed by atoms with van der Waals surface area (Å²) in [5, 5.41) is 3.07. The third kappa shape index (κ3) is 25.5. The van der Waals surface area contributed by atoms with E-state index in [1.807, 2.05) is 0 Å². The molecule has 0 aromatic rings. The maximum Gasteiger partial charge on any atom is 0.303 e. The molecule has 11 heavy (non-hydrogen) atoms. The Bertz CT molecular complexity index is 51.8. The lowest BCUT2D eigenvalue weighted by Crippen LogP contribution is -2.21. The molecule has 0 unspecified atom stereocenters. The van der Waals surface area contributed by atoms with Crippen molar-refractivity contribution in [3.05, 3.63) is 0 Å². The Labute approximate surface area is 71.5 Å². The third-order valence-corrected chi connectivity index (χ3v) is 1.28. The zero-order chi connectivity index (χ0) is 8.95. The van der Waals surface area contributed by atoms with Gasteiger partial charge in [-0.2, -0.15) is 0 Å². The van der Waals surface area contributed by atoms with Gasteiger partial charge in [0.2, 0.25) is 0 Å². The Balaban J connectivity index is 0. The maximum atomic E-state index is 5.15. The van der Waals surface area contributed by atoms with Gasteiger partial charge in [0.05, 0.1) is 0 Å². The van der Waals surface area contributed by atoms with Gasteiger partial charge < -0.3 is 19.9 Å². The van der Waals surface area contributed by atoms with Crippen molar-refractivity contribution in [1.29, 1.82) is 0 Å². The quantitative estimate of drug-likeness (QED) is 0.414. The Kier molecular flexibility index (Phi) is 20.5. The van der Waals surface area contributed by atoms with E-state index in [0.717, 1.165) is 19.6 Å². The lowest BCUT2D eigenvalue weighted by Gasteiger charge is -1.92. The van der Waals surface area contributed by atoms with Gasteiger partial charge in [-0.05, 0) is 6.54 Å². The molecule has 0 heterocycles. The highest BCUT2D eigenvalue weighted by molar-refractivity contribution is 6.17. The predicted molar refractivity (Wildman–Crippen MR) is 50.2 cm³/mol. The summed E-state index contributed by atoms with van der Waals surface area (Å²) in [4.78, 5) is 0. The zero-order valence-electron chi connectivity index (χ0n) is 7.72. The molecule has 0 aliphatic heterocycles. The molecule has 5 heteroatoms. The largest absolute Gasteiger partial charge is 0.402 e. The van der Waals surface area contributed by atoms with E-state index in [1.54, 1.807) is 14.2 Å². The molecule has 3 N–H and O–H groups in total. The van der Waals surface area contributed by atoms with Crippen molar-refractivity contribution in [3.8, 4) is 0 Å². The number of hydrogen-bond donors (Lipinski definition) is 2. The standard InChI is InChI=1S/C4H12N2.C2H8O2Si/c1-2-6-4-3-5;1-3-5-4-2/h6H,2-5H2,1H3;5H2,1-2H3. The van der Waals surface area contributed by atoms with Gasteiger partial charge >= 0.3 is 10.0 Å². The van der Waals surface area contributed by atoms with Crippen LogP contribution in [-0.4, -0.2) is 43.9 Å². The van der Waals surface area contributed by atoms with E-state index in [1.165, 1.54) is 0 Å². The number of hydrogen-bond acceptors (Lipinski definition) is 4. The fourth-order valence-corrected chi connectivity index (χ4v) is 0.632. The first-order valence-corrected chi connectivity index (χ1v) is 4.87. The van der Waals surface area contributed by atoms with Crippen LogP contribution in [0.3, 0.4) is 0 Å². The van der Waals surface area contributed by atoms with E-state index in [4.69, 9.17) is 5.73 Å². The lowest BCUT2D eigenvalue weighted by atomic mass is 10.6. The molecule has 0 rings (SSSR count). The molecule has 4 nitrogen and oxygen atoms in total. The SMILES string of the molecule is CCNCCN.CO[SiH2]OC. The Morgan fingerprint density at radius 3 is 2.00 bits per heavy atom. The first-order valence-electron chi connectivity index (χ1n) is 3.72. The first-order chi connectivity index (χ1) is 5.33. The van der Waals surface area contributed by atoms with Gasteiger partial charge in [-0.3, -0.25) is 0 Å². The molecule has 0 atom stereocenters. The predicted octanol–water partition coefficient (Wildman–Crippen LogP) is -1.17. The summed E-state index contributed by atoms with van der Waals surface area (Å²) in [5.74, 6) is 0. The molecule has 0 amide bonds. The van der Waals surface area contributed by atoms with Crippen LogP contribution in [0, 0.1) is 0 Å². The van der Waals surface area contributed by atoms with Crippen molar-refractivity contribution in [2.45, 2.75) is 6.92 Å². The van der Waals surface area contributed by atoms with Crippen LogP contribution in [0.4, 0.5) is 0 Å². The van der Waals surface area contributed by atoms with Crippen LogP contribution in [-0.2, 0) is 8.85 Å². The second-order valence-corrected chi connectivity index (χ2v) is 3.23. The smallest absolute Gasteiger partial charge is 0.303 e. The number of nitrogens with one attached hydrogen (secondary N) is 1. The summed E-state index contributed by atoms with van der Waals surface area (Å²) in [6, 6.07) is 0. The van der Waals surface area contributed by atoms with Crippen LogP contribution in [0.2, 0.25) is 0 Å². The van der Waals surface area contributed by atoms with E-state index < -0.39 is 10.0 Å². The highest BCUT2D eigenvalue weighted by Gasteiger charge is 1.71. The minimum absolute atomic E-state index is 0.568. The van der Waals surface area contributed by atoms with Gasteiger partial charge in [0.1, 0.15) is 0 Å². The van der Waals surface area contributed by atoms with Crippen molar-refractivity contribution in [1.82, 2.24) is 5.32 Å². The number of nitrogens with two attached hydrogens (primary N) is 1. The Morgan fingerprint density at radius 2 is 1.91 bits per heavy atom. The summed E-state index contributed by atoms with van der Waals surface area (Å²) < 4.78 is 9.22. The average molecular weight is 180 g/mol. The Morgan fingerprint density at radius 1 is 1.36 bits per heavy atom. The molecule has 0 saturated carbocycles. The van der Waals surface area contributed by atoms with E-state index in [9.17, 15) is 0 Å². The minimum atomic E-state index is -0.568. The summed E-state index contributed by atoms with van der Waals surface area (Å²) in [6.45, 7) is 4.77. The maximum absolute atomic E-state index is 5.15. The van der Waals surface area contributed by atoms with Crippen molar-refractivity contribution < 1.29 is 8.85 Å². The van der Waals surface area contributed by atoms with E-state index in [2.05, 4.69) is 21.1 Å². The molecule has 0 saturated heterocycles. The highest BCUT2D eigenvalue weighted by atomic mass is 28.3. The molecule has 0 bridgehead atoms. The van der Waals surface area contributed by atoms with Crippen LogP contribution in [0.25, 0.3) is 0 Å². The molecule has 0 spiro atoms. The van der Waals surface area contributed by atoms with Crippen molar-refractivity contribution in [3.63, 3.8) is 0 Å². The molecule has 70 valence electrons. The first kappa shape index (κ1) is 13.6. The summed E-state index contributed by atoms with van der Waals surface area (Å²) in [6.07, 6.45) is 0. The second-order valence-electron chi connectivity index (χ2n) is 1.84. The lowest BCUT2D eigenvalue weighted by molar-refractivity contribution is 0.309. The number of likely N-dealkylation sites (N-methyl/N-ethyl adjacent to an activating group) is 1. The van der Waals surface area contributed by atoms with Crippen LogP contribution < -0.4 is 11.1 Å². The highest BCUT2D eigenvalue weighted by Crippen LogP contribution is 1.55. The van der Waals surface area contributed by atoms with Gasteiger partial charge in [-0.1, -0.05) is 6.92 Å². The molecule has 0 aromatic carbocycles. The summed E-state index contributed by atoms with van der Waals surface area (Å²) >= 11 is 0. The van der Waals surface area contributed by atoms with Gasteiger partial charge in [-0.25, -0.2) is 0 Å². The molecule has 0 aliphatic carbocycles. The van der Waals surface area contributed by atoms with E-state index in [0.29, 0.717) is 0 Å². The zero-order valence-corrected chi connectivity index (χ0v) is 9.14. The van der Waals surface area contributed by atoms with Crippen LogP contribution in [0.1, 0.15) is 6.92 Å². The third-order valence-electron chi connectivity index (χ3n) is 0.807. The normalized spacial score (nSPS) is 8.73. The van der Waals surface area contributed by atoms with Gasteiger partial charge in [0.15, 0.2) is 0 Å². The molecule has 0 radical (unpaired) electrons. The molecular weight excluding hydrogens is 160 g/mol. The van der Waals surface area contributed by atoms with Gasteiger partial charge in [-0.15, -0.1) is 0 Å². The van der Waals surface area contributed by atoms with Crippen molar-refractivity contribution in [2.24, 2.45) is 5.73 Å². The van der Waals surface area contributed by atoms with Crippen LogP contribution in [0.15, 0.2) is 0 Å². The topological polar surface area (TPSA) is 56.5 Å². The average Bonchev–Trinajstić information content (AvgIpc) is 2.04. The Hall–Kier alpha value is 0.0569. The van der Waals surface area contributed by atoms with Crippen LogP contribution in [0.5, 0.6) is 0 Å². The summed E-state index contributed by atoms with van der Waals surface area (Å²) in [7, 11) is 2.73. The fourth-order valence-electron chi connectivity index (χ4n) is 0.397.